The van der Waals surface area contributed by atoms with Crippen LogP contribution in [-0.2, 0) is 6.42 Å². The summed E-state index contributed by atoms with van der Waals surface area (Å²) in [7, 11) is 1.46. The fourth-order valence-corrected chi connectivity index (χ4v) is 1.16. The van der Waals surface area contributed by atoms with Gasteiger partial charge in [0.2, 0.25) is 0 Å². The quantitative estimate of drug-likeness (QED) is 0.697. The Morgan fingerprint density at radius 3 is 2.77 bits per heavy atom. The number of methoxy groups -OCH3 is 1. The summed E-state index contributed by atoms with van der Waals surface area (Å²) in [5.41, 5.74) is 0.871. The Bertz CT molecular complexity index is 355. The lowest BCUT2D eigenvalue weighted by Gasteiger charge is -2.07. The van der Waals surface area contributed by atoms with Gasteiger partial charge >= 0.3 is 0 Å². The number of halogens is 1. The molecule has 0 radical (unpaired) electrons. The zero-order chi connectivity index (χ0) is 9.84. The van der Waals surface area contributed by atoms with Crippen molar-refractivity contribution in [1.82, 2.24) is 0 Å². The molecule has 2 nitrogen and oxygen atoms in total. The molecular formula is C10H10FNO. The Hall–Kier alpha value is -1.56. The van der Waals surface area contributed by atoms with Gasteiger partial charge in [-0.3, -0.25) is 0 Å². The molecule has 0 heterocycles. The first-order chi connectivity index (χ1) is 6.20. The number of benzene rings is 1. The van der Waals surface area contributed by atoms with Gasteiger partial charge in [-0.15, -0.1) is 0 Å². The Labute approximate surface area is 76.6 Å². The molecule has 0 bridgehead atoms. The van der Waals surface area contributed by atoms with Gasteiger partial charge in [-0.1, -0.05) is 6.07 Å². The maximum absolute atomic E-state index is 13.4. The SMILES string of the molecule is COc1ccc(C)c(F)c1CC#N. The molecule has 3 heteroatoms. The number of hydrogen-bond acceptors (Lipinski definition) is 2. The van der Waals surface area contributed by atoms with Gasteiger partial charge in [-0.05, 0) is 18.6 Å². The molecule has 68 valence electrons. The number of hydrogen-bond donors (Lipinski definition) is 0. The summed E-state index contributed by atoms with van der Waals surface area (Å²) in [6, 6.07) is 5.21. The van der Waals surface area contributed by atoms with Gasteiger partial charge in [0.1, 0.15) is 11.6 Å². The zero-order valence-electron chi connectivity index (χ0n) is 7.60. The van der Waals surface area contributed by atoms with Crippen molar-refractivity contribution in [2.75, 3.05) is 7.11 Å². The maximum Gasteiger partial charge on any atom is 0.134 e. The van der Waals surface area contributed by atoms with Gasteiger partial charge in [-0.25, -0.2) is 4.39 Å². The summed E-state index contributed by atoms with van der Waals surface area (Å²) in [6.07, 6.45) is 0.0384. The Balaban J connectivity index is 3.25. The van der Waals surface area contributed by atoms with E-state index < -0.39 is 0 Å². The third-order valence-corrected chi connectivity index (χ3v) is 1.87. The van der Waals surface area contributed by atoms with Crippen molar-refractivity contribution < 1.29 is 9.13 Å². The summed E-state index contributed by atoms with van der Waals surface area (Å²) >= 11 is 0. The number of nitriles is 1. The first kappa shape index (κ1) is 9.53. The number of nitrogens with zero attached hydrogens (tertiary/aromatic N) is 1. The highest BCUT2D eigenvalue weighted by molar-refractivity contribution is 5.39. The first-order valence-corrected chi connectivity index (χ1v) is 3.89. The largest absolute Gasteiger partial charge is 0.496 e. The lowest BCUT2D eigenvalue weighted by Crippen LogP contribution is -1.97. The Morgan fingerprint density at radius 1 is 1.54 bits per heavy atom. The van der Waals surface area contributed by atoms with Crippen LogP contribution in [0.1, 0.15) is 11.1 Å². The van der Waals surface area contributed by atoms with Crippen molar-refractivity contribution in [2.24, 2.45) is 0 Å². The first-order valence-electron chi connectivity index (χ1n) is 3.89. The Kier molecular flexibility index (Phi) is 2.86. The Morgan fingerprint density at radius 2 is 2.23 bits per heavy atom. The molecule has 0 aliphatic carbocycles. The van der Waals surface area contributed by atoms with Crippen LogP contribution in [0.2, 0.25) is 0 Å². The van der Waals surface area contributed by atoms with Gasteiger partial charge in [0.15, 0.2) is 0 Å². The molecule has 1 aromatic rings. The van der Waals surface area contributed by atoms with Crippen LogP contribution in [0, 0.1) is 24.1 Å². The van der Waals surface area contributed by atoms with Crippen LogP contribution in [0.3, 0.4) is 0 Å². The van der Waals surface area contributed by atoms with E-state index in [1.807, 2.05) is 6.07 Å². The van der Waals surface area contributed by atoms with Crippen molar-refractivity contribution in [3.8, 4) is 11.8 Å². The van der Waals surface area contributed by atoms with Crippen molar-refractivity contribution >= 4 is 0 Å². The van der Waals surface area contributed by atoms with E-state index in [1.165, 1.54) is 7.11 Å². The summed E-state index contributed by atoms with van der Waals surface area (Å²) in [5.74, 6) is 0.0885. The minimum absolute atomic E-state index is 0.0384. The molecule has 1 aromatic carbocycles. The minimum atomic E-state index is -0.346. The van der Waals surface area contributed by atoms with Crippen molar-refractivity contribution in [1.29, 1.82) is 5.26 Å². The monoisotopic (exact) mass is 179 g/mol. The van der Waals surface area contributed by atoms with Crippen LogP contribution >= 0.6 is 0 Å². The summed E-state index contributed by atoms with van der Waals surface area (Å²) in [5, 5.41) is 8.48. The second-order valence-corrected chi connectivity index (χ2v) is 2.71. The van der Waals surface area contributed by atoms with Crippen LogP contribution in [-0.4, -0.2) is 7.11 Å². The van der Waals surface area contributed by atoms with E-state index in [0.717, 1.165) is 0 Å². The molecule has 0 atom stereocenters. The molecule has 0 saturated heterocycles. The fourth-order valence-electron chi connectivity index (χ4n) is 1.16. The lowest BCUT2D eigenvalue weighted by molar-refractivity contribution is 0.405. The topological polar surface area (TPSA) is 33.0 Å². The van der Waals surface area contributed by atoms with E-state index in [0.29, 0.717) is 16.9 Å². The van der Waals surface area contributed by atoms with Crippen molar-refractivity contribution in [3.05, 3.63) is 29.1 Å². The molecule has 0 aliphatic heterocycles. The standard InChI is InChI=1S/C10H10FNO/c1-7-3-4-9(13-2)8(5-6-12)10(7)11/h3-4H,5H2,1-2H3. The second-order valence-electron chi connectivity index (χ2n) is 2.71. The summed E-state index contributed by atoms with van der Waals surface area (Å²) in [6.45, 7) is 1.66. The minimum Gasteiger partial charge on any atom is -0.496 e. The molecule has 0 spiro atoms. The van der Waals surface area contributed by atoms with E-state index in [4.69, 9.17) is 10.00 Å². The van der Waals surface area contributed by atoms with Crippen molar-refractivity contribution in [2.45, 2.75) is 13.3 Å². The molecular weight excluding hydrogens is 169 g/mol. The number of ether oxygens (including phenoxy) is 1. The van der Waals surface area contributed by atoms with Gasteiger partial charge in [-0.2, -0.15) is 5.26 Å². The van der Waals surface area contributed by atoms with E-state index in [9.17, 15) is 4.39 Å². The van der Waals surface area contributed by atoms with Crippen molar-refractivity contribution in [3.63, 3.8) is 0 Å². The average molecular weight is 179 g/mol. The molecule has 13 heavy (non-hydrogen) atoms. The molecule has 1 rings (SSSR count). The maximum atomic E-state index is 13.4. The summed E-state index contributed by atoms with van der Waals surface area (Å²) < 4.78 is 18.3. The molecule has 0 saturated carbocycles. The fraction of sp³-hybridized carbons (Fsp3) is 0.300. The highest BCUT2D eigenvalue weighted by atomic mass is 19.1. The van der Waals surface area contributed by atoms with E-state index in [2.05, 4.69) is 0 Å². The van der Waals surface area contributed by atoms with Crippen LogP contribution in [0.25, 0.3) is 0 Å². The smallest absolute Gasteiger partial charge is 0.134 e. The predicted molar refractivity (Wildman–Crippen MR) is 47.0 cm³/mol. The lowest BCUT2D eigenvalue weighted by atomic mass is 10.1. The molecule has 0 aromatic heterocycles. The van der Waals surface area contributed by atoms with Crippen LogP contribution in [0.15, 0.2) is 12.1 Å². The third-order valence-electron chi connectivity index (χ3n) is 1.87. The second kappa shape index (κ2) is 3.90. The third kappa shape index (κ3) is 1.78. The highest BCUT2D eigenvalue weighted by Crippen LogP contribution is 2.23. The van der Waals surface area contributed by atoms with Crippen LogP contribution in [0.5, 0.6) is 5.75 Å². The van der Waals surface area contributed by atoms with Crippen LogP contribution in [0.4, 0.5) is 4.39 Å². The van der Waals surface area contributed by atoms with Gasteiger partial charge in [0.05, 0.1) is 19.6 Å². The van der Waals surface area contributed by atoms with E-state index in [1.54, 1.807) is 19.1 Å². The summed E-state index contributed by atoms with van der Waals surface area (Å²) in [4.78, 5) is 0. The van der Waals surface area contributed by atoms with Gasteiger partial charge in [0.25, 0.3) is 0 Å². The number of aryl methyl sites for hydroxylation is 1. The predicted octanol–water partition coefficient (Wildman–Crippen LogP) is 2.21. The normalized spacial score (nSPS) is 9.38. The van der Waals surface area contributed by atoms with Gasteiger partial charge in [0, 0.05) is 5.56 Å². The number of rotatable bonds is 2. The zero-order valence-corrected chi connectivity index (χ0v) is 7.60. The van der Waals surface area contributed by atoms with E-state index >= 15 is 0 Å². The van der Waals surface area contributed by atoms with Crippen LogP contribution < -0.4 is 4.74 Å². The average Bonchev–Trinajstić information content (AvgIpc) is 2.14. The molecule has 0 aliphatic rings. The molecule has 0 amide bonds. The molecule has 0 N–H and O–H groups in total. The molecule has 0 unspecified atom stereocenters. The van der Waals surface area contributed by atoms with E-state index in [-0.39, 0.29) is 12.2 Å². The molecule has 0 fully saturated rings. The van der Waals surface area contributed by atoms with Gasteiger partial charge < -0.3 is 4.74 Å². The highest BCUT2D eigenvalue weighted by Gasteiger charge is 2.10.